The van der Waals surface area contributed by atoms with Crippen molar-refractivity contribution < 1.29 is 4.52 Å². The number of benzene rings is 1. The molecule has 1 aromatic carbocycles. The van der Waals surface area contributed by atoms with Crippen LogP contribution in [0.15, 0.2) is 53.3 Å². The third-order valence-corrected chi connectivity index (χ3v) is 3.07. The molecule has 0 atom stereocenters. The Morgan fingerprint density at radius 2 is 1.84 bits per heavy atom. The van der Waals surface area contributed by atoms with Crippen LogP contribution in [0.25, 0.3) is 11.4 Å². The summed E-state index contributed by atoms with van der Waals surface area (Å²) in [6.45, 7) is 0. The molecule has 3 aromatic rings. The minimum atomic E-state index is 0.526. The van der Waals surface area contributed by atoms with E-state index in [0.29, 0.717) is 23.2 Å². The summed E-state index contributed by atoms with van der Waals surface area (Å²) in [6, 6.07) is 11.3. The molecule has 2 heterocycles. The summed E-state index contributed by atoms with van der Waals surface area (Å²) in [5.74, 6) is 1.10. The van der Waals surface area contributed by atoms with Gasteiger partial charge >= 0.3 is 0 Å². The Morgan fingerprint density at radius 3 is 2.63 bits per heavy atom. The van der Waals surface area contributed by atoms with Crippen molar-refractivity contribution in [2.45, 2.75) is 6.42 Å². The van der Waals surface area contributed by atoms with E-state index in [0.717, 1.165) is 11.1 Å². The monoisotopic (exact) mass is 271 g/mol. The molecule has 94 valence electrons. The SMILES string of the molecule is Clc1ccccc1Cc1nc(-c2ccncc2)no1. The van der Waals surface area contributed by atoms with Crippen LogP contribution in [0, 0.1) is 0 Å². The molecule has 0 saturated carbocycles. The molecule has 0 fully saturated rings. The molecule has 0 N–H and O–H groups in total. The Balaban J connectivity index is 1.85. The predicted molar refractivity (Wildman–Crippen MR) is 71.8 cm³/mol. The quantitative estimate of drug-likeness (QED) is 0.733. The minimum Gasteiger partial charge on any atom is -0.339 e. The molecule has 0 radical (unpaired) electrons. The summed E-state index contributed by atoms with van der Waals surface area (Å²) >= 11 is 6.10. The molecule has 3 rings (SSSR count). The number of aromatic nitrogens is 3. The molecule has 4 nitrogen and oxygen atoms in total. The fourth-order valence-corrected chi connectivity index (χ4v) is 1.95. The number of pyridine rings is 1. The first kappa shape index (κ1) is 11.9. The maximum absolute atomic E-state index is 6.10. The molecule has 0 aliphatic carbocycles. The third kappa shape index (κ3) is 2.63. The Hall–Kier alpha value is -2.20. The van der Waals surface area contributed by atoms with Gasteiger partial charge in [0.2, 0.25) is 11.7 Å². The first-order valence-electron chi connectivity index (χ1n) is 5.79. The van der Waals surface area contributed by atoms with E-state index in [1.54, 1.807) is 12.4 Å². The summed E-state index contributed by atoms with van der Waals surface area (Å²) in [6.07, 6.45) is 3.91. The number of hydrogen-bond donors (Lipinski definition) is 0. The van der Waals surface area contributed by atoms with Crippen molar-refractivity contribution in [1.29, 1.82) is 0 Å². The van der Waals surface area contributed by atoms with E-state index >= 15 is 0 Å². The predicted octanol–water partition coefficient (Wildman–Crippen LogP) is 3.38. The zero-order valence-corrected chi connectivity index (χ0v) is 10.7. The highest BCUT2D eigenvalue weighted by Crippen LogP contribution is 2.20. The third-order valence-electron chi connectivity index (χ3n) is 2.71. The van der Waals surface area contributed by atoms with Crippen molar-refractivity contribution in [2.24, 2.45) is 0 Å². The van der Waals surface area contributed by atoms with Crippen LogP contribution in [0.4, 0.5) is 0 Å². The van der Waals surface area contributed by atoms with E-state index < -0.39 is 0 Å². The van der Waals surface area contributed by atoms with Crippen LogP contribution in [0.3, 0.4) is 0 Å². The van der Waals surface area contributed by atoms with Crippen molar-refractivity contribution in [1.82, 2.24) is 15.1 Å². The van der Waals surface area contributed by atoms with Crippen LogP contribution < -0.4 is 0 Å². The Morgan fingerprint density at radius 1 is 1.05 bits per heavy atom. The van der Waals surface area contributed by atoms with Crippen LogP contribution >= 0.6 is 11.6 Å². The van der Waals surface area contributed by atoms with Gasteiger partial charge in [0, 0.05) is 23.0 Å². The highest BCUT2D eigenvalue weighted by Gasteiger charge is 2.10. The summed E-state index contributed by atoms with van der Waals surface area (Å²) < 4.78 is 5.24. The van der Waals surface area contributed by atoms with Gasteiger partial charge in [-0.2, -0.15) is 4.98 Å². The van der Waals surface area contributed by atoms with E-state index in [1.165, 1.54) is 0 Å². The van der Waals surface area contributed by atoms with E-state index in [-0.39, 0.29) is 0 Å². The summed E-state index contributed by atoms with van der Waals surface area (Å²) in [5.41, 5.74) is 1.85. The van der Waals surface area contributed by atoms with Gasteiger partial charge in [0.1, 0.15) is 0 Å². The fraction of sp³-hybridized carbons (Fsp3) is 0.0714. The van der Waals surface area contributed by atoms with Crippen molar-refractivity contribution in [3.63, 3.8) is 0 Å². The van der Waals surface area contributed by atoms with Gasteiger partial charge in [-0.15, -0.1) is 0 Å². The zero-order valence-electron chi connectivity index (χ0n) is 9.95. The molecule has 0 bridgehead atoms. The van der Waals surface area contributed by atoms with Crippen molar-refractivity contribution in [2.75, 3.05) is 0 Å². The second kappa shape index (κ2) is 5.20. The second-order valence-corrected chi connectivity index (χ2v) is 4.42. The average molecular weight is 272 g/mol. The maximum Gasteiger partial charge on any atom is 0.231 e. The van der Waals surface area contributed by atoms with Gasteiger partial charge in [-0.1, -0.05) is 35.0 Å². The van der Waals surface area contributed by atoms with E-state index in [1.807, 2.05) is 36.4 Å². The van der Waals surface area contributed by atoms with Crippen LogP contribution in [0.5, 0.6) is 0 Å². The molecule has 2 aromatic heterocycles. The van der Waals surface area contributed by atoms with Gasteiger partial charge in [-0.3, -0.25) is 4.98 Å². The minimum absolute atomic E-state index is 0.526. The Bertz CT molecular complexity index is 682. The average Bonchev–Trinajstić information content (AvgIpc) is 2.91. The van der Waals surface area contributed by atoms with E-state index in [4.69, 9.17) is 16.1 Å². The molecule has 0 amide bonds. The van der Waals surface area contributed by atoms with Gasteiger partial charge in [0.15, 0.2) is 0 Å². The van der Waals surface area contributed by atoms with Gasteiger partial charge in [0.05, 0.1) is 6.42 Å². The number of nitrogens with zero attached hydrogens (tertiary/aromatic N) is 3. The smallest absolute Gasteiger partial charge is 0.231 e. The number of rotatable bonds is 3. The molecular weight excluding hydrogens is 262 g/mol. The lowest BCUT2D eigenvalue weighted by Crippen LogP contribution is -1.89. The topological polar surface area (TPSA) is 51.8 Å². The Kier molecular flexibility index (Phi) is 3.25. The molecule has 19 heavy (non-hydrogen) atoms. The van der Waals surface area contributed by atoms with Crippen LogP contribution in [0.2, 0.25) is 5.02 Å². The molecule has 0 saturated heterocycles. The number of hydrogen-bond acceptors (Lipinski definition) is 4. The van der Waals surface area contributed by atoms with Crippen LogP contribution in [-0.2, 0) is 6.42 Å². The van der Waals surface area contributed by atoms with E-state index in [9.17, 15) is 0 Å². The zero-order chi connectivity index (χ0) is 13.1. The summed E-state index contributed by atoms with van der Waals surface area (Å²) in [7, 11) is 0. The molecule has 0 unspecified atom stereocenters. The fourth-order valence-electron chi connectivity index (χ4n) is 1.75. The van der Waals surface area contributed by atoms with Crippen molar-refractivity contribution in [3.05, 3.63) is 65.3 Å². The van der Waals surface area contributed by atoms with E-state index in [2.05, 4.69) is 15.1 Å². The largest absolute Gasteiger partial charge is 0.339 e. The molecular formula is C14H10ClN3O. The van der Waals surface area contributed by atoms with Crippen LogP contribution in [-0.4, -0.2) is 15.1 Å². The normalized spacial score (nSPS) is 10.6. The highest BCUT2D eigenvalue weighted by molar-refractivity contribution is 6.31. The molecule has 0 spiro atoms. The highest BCUT2D eigenvalue weighted by atomic mass is 35.5. The first-order chi connectivity index (χ1) is 9.33. The van der Waals surface area contributed by atoms with Gasteiger partial charge < -0.3 is 4.52 Å². The molecule has 0 aliphatic heterocycles. The van der Waals surface area contributed by atoms with Gasteiger partial charge in [-0.05, 0) is 23.8 Å². The van der Waals surface area contributed by atoms with Gasteiger partial charge in [-0.25, -0.2) is 0 Å². The lowest BCUT2D eigenvalue weighted by Gasteiger charge is -1.98. The maximum atomic E-state index is 6.10. The standard InChI is InChI=1S/C14H10ClN3O/c15-12-4-2-1-3-11(12)9-13-17-14(18-19-13)10-5-7-16-8-6-10/h1-8H,9H2. The summed E-state index contributed by atoms with van der Waals surface area (Å²) in [5, 5.41) is 4.66. The van der Waals surface area contributed by atoms with Gasteiger partial charge in [0.25, 0.3) is 0 Å². The van der Waals surface area contributed by atoms with Crippen LogP contribution in [0.1, 0.15) is 11.5 Å². The lowest BCUT2D eigenvalue weighted by atomic mass is 10.1. The molecule has 0 aliphatic rings. The van der Waals surface area contributed by atoms with Crippen molar-refractivity contribution >= 4 is 11.6 Å². The van der Waals surface area contributed by atoms with Crippen molar-refractivity contribution in [3.8, 4) is 11.4 Å². The number of halogens is 1. The first-order valence-corrected chi connectivity index (χ1v) is 6.17. The summed E-state index contributed by atoms with van der Waals surface area (Å²) in [4.78, 5) is 8.31. The lowest BCUT2D eigenvalue weighted by molar-refractivity contribution is 0.385. The molecule has 5 heteroatoms. The second-order valence-electron chi connectivity index (χ2n) is 4.02. The Labute approximate surface area is 115 Å².